The third kappa shape index (κ3) is 5.06. The van der Waals surface area contributed by atoms with Gasteiger partial charge in [0.05, 0.1) is 0 Å². The van der Waals surface area contributed by atoms with Crippen molar-refractivity contribution < 1.29 is 48.0 Å². The van der Waals surface area contributed by atoms with E-state index < -0.39 is 23.2 Å². The van der Waals surface area contributed by atoms with Crippen molar-refractivity contribution >= 4 is 11.1 Å². The molecule has 0 bridgehead atoms. The van der Waals surface area contributed by atoms with E-state index in [1.54, 1.807) is 6.56 Å². The maximum absolute atomic E-state index is 2.38. The summed E-state index contributed by atoms with van der Waals surface area (Å²) in [6.07, 6.45) is 9.35. The van der Waals surface area contributed by atoms with Gasteiger partial charge >= 0.3 is 187 Å². The Kier molecular flexibility index (Phi) is 9.32. The van der Waals surface area contributed by atoms with Crippen molar-refractivity contribution in [2.45, 2.75) is 27.7 Å². The van der Waals surface area contributed by atoms with E-state index in [1.807, 2.05) is 0 Å². The van der Waals surface area contributed by atoms with Gasteiger partial charge < -0.3 is 24.8 Å². The monoisotopic (exact) mass is 522 g/mol. The molecule has 156 valence electrons. The Morgan fingerprint density at radius 3 is 1.26 bits per heavy atom. The first-order valence-corrected chi connectivity index (χ1v) is 12.7. The molecule has 2 aromatic rings. The minimum absolute atomic E-state index is 0. The predicted molar refractivity (Wildman–Crippen MR) is 122 cm³/mol. The van der Waals surface area contributed by atoms with Crippen LogP contribution in [0.4, 0.5) is 0 Å². The minimum Gasteiger partial charge on any atom is -1.00 e. The molecule has 0 heterocycles. The van der Waals surface area contributed by atoms with Gasteiger partial charge in [0.15, 0.2) is 0 Å². The molecular weight excluding hydrogens is 498 g/mol. The molecule has 4 rings (SSSR count). The van der Waals surface area contributed by atoms with Crippen LogP contribution in [0.3, 0.4) is 0 Å². The Labute approximate surface area is 210 Å². The predicted octanol–water partition coefficient (Wildman–Crippen LogP) is 1.71. The molecule has 0 N–H and O–H groups in total. The van der Waals surface area contributed by atoms with Gasteiger partial charge in [0.1, 0.15) is 0 Å². The second kappa shape index (κ2) is 11.3. The van der Waals surface area contributed by atoms with E-state index >= 15 is 0 Å². The van der Waals surface area contributed by atoms with Crippen molar-refractivity contribution in [3.05, 3.63) is 125 Å². The van der Waals surface area contributed by atoms with Gasteiger partial charge in [-0.2, -0.15) is 0 Å². The molecule has 2 aromatic carbocycles. The Hall–Kier alpha value is -1.66. The summed E-state index contributed by atoms with van der Waals surface area (Å²) < 4.78 is 3.20. The minimum atomic E-state index is -1.04. The topological polar surface area (TPSA) is 0 Å². The Balaban J connectivity index is 0.00000171. The molecule has 0 amide bonds. The summed E-state index contributed by atoms with van der Waals surface area (Å²) in [7, 11) is 0. The molecule has 3 heteroatoms. The Morgan fingerprint density at radius 2 is 0.935 bits per heavy atom. The number of allylic oxidation sites excluding steroid dienone is 12. The number of hydrogen-bond donors (Lipinski definition) is 0. The van der Waals surface area contributed by atoms with E-state index in [4.69, 9.17) is 0 Å². The van der Waals surface area contributed by atoms with Crippen LogP contribution in [-0.4, -0.2) is 0 Å². The number of hydrogen-bond acceptors (Lipinski definition) is 0. The van der Waals surface area contributed by atoms with E-state index in [-0.39, 0.29) is 24.8 Å². The summed E-state index contributed by atoms with van der Waals surface area (Å²) in [4.78, 5) is 0. The number of benzene rings is 2. The van der Waals surface area contributed by atoms with Crippen LogP contribution in [0.5, 0.6) is 0 Å². The van der Waals surface area contributed by atoms with Gasteiger partial charge in [0.2, 0.25) is 0 Å². The fourth-order valence-electron chi connectivity index (χ4n) is 4.24. The average molecular weight is 525 g/mol. The molecule has 2 aliphatic rings. The molecule has 0 aromatic heterocycles. The van der Waals surface area contributed by atoms with Crippen LogP contribution >= 0.6 is 0 Å². The van der Waals surface area contributed by atoms with Crippen molar-refractivity contribution in [2.24, 2.45) is 0 Å². The summed E-state index contributed by atoms with van der Waals surface area (Å²) in [5, 5.41) is 0. The Morgan fingerprint density at radius 1 is 0.581 bits per heavy atom. The van der Waals surface area contributed by atoms with Crippen molar-refractivity contribution in [3.63, 3.8) is 0 Å². The molecule has 0 fully saturated rings. The second-order valence-corrected chi connectivity index (χ2v) is 10.6. The SMILES string of the molecule is CC=C1C=C(C)C(c2ccccc2)=[C]1[Zr+2][C]1=C(c2ccccc2)C(C)=CC1=CC.[Cl-].[Cl-]. The van der Waals surface area contributed by atoms with E-state index in [0.29, 0.717) is 0 Å². The van der Waals surface area contributed by atoms with Gasteiger partial charge in [0.25, 0.3) is 0 Å². The largest absolute Gasteiger partial charge is 1.00 e. The van der Waals surface area contributed by atoms with Gasteiger partial charge in [-0.25, -0.2) is 0 Å². The van der Waals surface area contributed by atoms with Crippen molar-refractivity contribution in [1.82, 2.24) is 0 Å². The van der Waals surface area contributed by atoms with Crippen molar-refractivity contribution in [1.29, 1.82) is 0 Å². The molecule has 0 saturated heterocycles. The maximum Gasteiger partial charge on any atom is -1.00 e. The average Bonchev–Trinajstić information content (AvgIpc) is 3.25. The van der Waals surface area contributed by atoms with Crippen LogP contribution in [0.25, 0.3) is 11.1 Å². The zero-order chi connectivity index (χ0) is 20.4. The van der Waals surface area contributed by atoms with Crippen molar-refractivity contribution in [2.75, 3.05) is 0 Å². The van der Waals surface area contributed by atoms with E-state index in [2.05, 4.69) is 113 Å². The fraction of sp³-hybridized carbons (Fsp3) is 0.143. The molecule has 0 radical (unpaired) electrons. The summed E-state index contributed by atoms with van der Waals surface area (Å²) in [6, 6.07) is 21.8. The van der Waals surface area contributed by atoms with Gasteiger partial charge in [-0.15, -0.1) is 0 Å². The molecule has 31 heavy (non-hydrogen) atoms. The zero-order valence-corrected chi connectivity index (χ0v) is 22.3. The summed E-state index contributed by atoms with van der Waals surface area (Å²) >= 11 is -1.04. The van der Waals surface area contributed by atoms with Crippen LogP contribution in [-0.2, 0) is 23.2 Å². The first-order valence-electron chi connectivity index (χ1n) is 10.2. The smallest absolute Gasteiger partial charge is 1.00 e. The summed E-state index contributed by atoms with van der Waals surface area (Å²) in [5.41, 5.74) is 11.3. The standard InChI is InChI=1S/2C14H13.2ClH.Zr/c2*1-3-12-9-11(2)14(10-12)13-7-5-4-6-8-13;;;/h2*3-9H,1-2H3;2*1H;/q;;;;+2/p-2. The molecule has 0 unspecified atom stereocenters. The Bertz CT molecular complexity index is 1040. The van der Waals surface area contributed by atoms with E-state index in [1.165, 1.54) is 44.6 Å². The molecule has 0 aliphatic heterocycles. The maximum atomic E-state index is 2.38. The van der Waals surface area contributed by atoms with E-state index in [0.717, 1.165) is 0 Å². The van der Waals surface area contributed by atoms with Gasteiger partial charge in [0, 0.05) is 0 Å². The first kappa shape index (κ1) is 25.6. The number of halogens is 2. The first-order chi connectivity index (χ1) is 14.1. The molecule has 0 saturated carbocycles. The van der Waals surface area contributed by atoms with E-state index in [9.17, 15) is 0 Å². The third-order valence-corrected chi connectivity index (χ3v) is 9.48. The van der Waals surface area contributed by atoms with Crippen LogP contribution < -0.4 is 24.8 Å². The van der Waals surface area contributed by atoms with Gasteiger partial charge in [-0.3, -0.25) is 0 Å². The van der Waals surface area contributed by atoms with Crippen molar-refractivity contribution in [3.8, 4) is 0 Å². The normalized spacial score (nSPS) is 17.9. The van der Waals surface area contributed by atoms with Crippen LogP contribution in [0.15, 0.2) is 114 Å². The molecule has 0 nitrogen and oxygen atoms in total. The summed E-state index contributed by atoms with van der Waals surface area (Å²) in [6.45, 7) is 8.88. The quantitative estimate of drug-likeness (QED) is 0.572. The van der Waals surface area contributed by atoms with Gasteiger partial charge in [-0.1, -0.05) is 0 Å². The second-order valence-electron chi connectivity index (χ2n) is 7.50. The van der Waals surface area contributed by atoms with Crippen LogP contribution in [0.1, 0.15) is 38.8 Å². The molecule has 0 spiro atoms. The summed E-state index contributed by atoms with van der Waals surface area (Å²) in [5.74, 6) is 0. The van der Waals surface area contributed by atoms with Crippen LogP contribution in [0.2, 0.25) is 0 Å². The molecular formula is C28H26Cl2Zr. The third-order valence-electron chi connectivity index (χ3n) is 5.61. The fourth-order valence-corrected chi connectivity index (χ4v) is 8.92. The number of rotatable bonds is 4. The molecule has 2 aliphatic carbocycles. The molecule has 0 atom stereocenters. The van der Waals surface area contributed by atoms with Crippen LogP contribution in [0, 0.1) is 0 Å². The van der Waals surface area contributed by atoms with Gasteiger partial charge in [-0.05, 0) is 0 Å². The zero-order valence-electron chi connectivity index (χ0n) is 18.3.